The molecule has 0 bridgehead atoms. The summed E-state index contributed by atoms with van der Waals surface area (Å²) in [5, 5.41) is 7.31. The van der Waals surface area contributed by atoms with Crippen LogP contribution in [-0.2, 0) is 4.79 Å². The van der Waals surface area contributed by atoms with Crippen molar-refractivity contribution in [2.45, 2.75) is 45.8 Å². The Bertz CT molecular complexity index is 1240. The molecule has 5 rings (SSSR count). The molecule has 36 heavy (non-hydrogen) atoms. The van der Waals surface area contributed by atoms with E-state index in [1.54, 1.807) is 17.8 Å². The number of carbonyl (C=O) groups excluding carboxylic acids is 1. The average Bonchev–Trinajstić information content (AvgIpc) is 3.52. The lowest BCUT2D eigenvalue weighted by Crippen LogP contribution is -2.53. The Hall–Kier alpha value is -3.33. The normalized spacial score (nSPS) is 20.0. The fourth-order valence-corrected chi connectivity index (χ4v) is 5.07. The van der Waals surface area contributed by atoms with E-state index in [1.807, 2.05) is 25.3 Å². The third kappa shape index (κ3) is 4.84. The highest BCUT2D eigenvalue weighted by atomic mass is 16.5. The molecular formula is C27H36N6O3. The standard InChI is InChI=1S/C27H36N6O3/c1-18(20-15-25(34)28-16-20)36-26-23-8-9-29-33(23)17-21(30-26)19-6-7-22(24(14-19)35-5)31-10-12-32(13-11-31)27(2,3)4/h6-9,14,17-18,20H,10-13,15-16H2,1-5H3,(H,28,34)/t18-,20?/m1/s1. The van der Waals surface area contributed by atoms with Crippen molar-refractivity contribution >= 4 is 17.1 Å². The number of hydrogen-bond donors (Lipinski definition) is 1. The van der Waals surface area contributed by atoms with Gasteiger partial charge in [-0.3, -0.25) is 9.69 Å². The Labute approximate surface area is 212 Å². The maximum Gasteiger partial charge on any atom is 0.240 e. The molecule has 1 aromatic carbocycles. The molecule has 9 heteroatoms. The van der Waals surface area contributed by atoms with Crippen molar-refractivity contribution in [1.29, 1.82) is 0 Å². The van der Waals surface area contributed by atoms with Gasteiger partial charge in [-0.05, 0) is 45.9 Å². The van der Waals surface area contributed by atoms with Crippen molar-refractivity contribution in [2.75, 3.05) is 44.7 Å². The van der Waals surface area contributed by atoms with Crippen LogP contribution in [0.2, 0.25) is 0 Å². The lowest BCUT2D eigenvalue weighted by molar-refractivity contribution is -0.119. The molecule has 2 aliphatic heterocycles. The Kier molecular flexibility index (Phi) is 6.51. The Morgan fingerprint density at radius 2 is 1.92 bits per heavy atom. The van der Waals surface area contributed by atoms with Gasteiger partial charge in [0, 0.05) is 56.2 Å². The number of hydrogen-bond acceptors (Lipinski definition) is 7. The van der Waals surface area contributed by atoms with E-state index in [0.29, 0.717) is 18.8 Å². The number of rotatable bonds is 6. The number of nitrogens with zero attached hydrogens (tertiary/aromatic N) is 5. The first-order chi connectivity index (χ1) is 17.2. The second kappa shape index (κ2) is 9.61. The maximum absolute atomic E-state index is 11.7. The fraction of sp³-hybridized carbons (Fsp3) is 0.519. The summed E-state index contributed by atoms with van der Waals surface area (Å²) in [5.41, 5.74) is 3.74. The van der Waals surface area contributed by atoms with E-state index in [4.69, 9.17) is 14.5 Å². The van der Waals surface area contributed by atoms with E-state index in [1.165, 1.54) is 0 Å². The summed E-state index contributed by atoms with van der Waals surface area (Å²) in [4.78, 5) is 21.4. The van der Waals surface area contributed by atoms with Crippen LogP contribution in [0.1, 0.15) is 34.1 Å². The molecule has 2 saturated heterocycles. The minimum absolute atomic E-state index is 0.0682. The summed E-state index contributed by atoms with van der Waals surface area (Å²) in [6.07, 6.45) is 3.96. The summed E-state index contributed by atoms with van der Waals surface area (Å²) in [7, 11) is 1.71. The molecule has 0 aliphatic carbocycles. The van der Waals surface area contributed by atoms with Gasteiger partial charge in [-0.1, -0.05) is 6.07 Å². The molecule has 2 fully saturated rings. The molecule has 1 N–H and O–H groups in total. The second-order valence-corrected chi connectivity index (χ2v) is 10.7. The summed E-state index contributed by atoms with van der Waals surface area (Å²) in [5.74, 6) is 1.52. The van der Waals surface area contributed by atoms with Crippen LogP contribution in [0, 0.1) is 5.92 Å². The number of amides is 1. The first-order valence-corrected chi connectivity index (χ1v) is 12.7. The number of ether oxygens (including phenoxy) is 2. The molecule has 192 valence electrons. The molecule has 0 radical (unpaired) electrons. The van der Waals surface area contributed by atoms with Crippen LogP contribution in [0.3, 0.4) is 0 Å². The number of benzene rings is 1. The van der Waals surface area contributed by atoms with Gasteiger partial charge in [0.15, 0.2) is 0 Å². The Morgan fingerprint density at radius 1 is 1.14 bits per heavy atom. The van der Waals surface area contributed by atoms with Gasteiger partial charge in [0.1, 0.15) is 17.4 Å². The third-order valence-electron chi connectivity index (χ3n) is 7.37. The lowest BCUT2D eigenvalue weighted by Gasteiger charge is -2.43. The van der Waals surface area contributed by atoms with E-state index in [2.05, 4.69) is 53.1 Å². The van der Waals surface area contributed by atoms with Crippen molar-refractivity contribution in [3.05, 3.63) is 36.7 Å². The zero-order chi connectivity index (χ0) is 25.4. The van der Waals surface area contributed by atoms with Crippen molar-refractivity contribution in [1.82, 2.24) is 24.8 Å². The predicted molar refractivity (Wildman–Crippen MR) is 140 cm³/mol. The number of aromatic nitrogens is 3. The number of anilines is 1. The highest BCUT2D eigenvalue weighted by Crippen LogP contribution is 2.35. The van der Waals surface area contributed by atoms with E-state index in [-0.39, 0.29) is 23.5 Å². The molecule has 1 amide bonds. The molecular weight excluding hydrogens is 456 g/mol. The molecule has 2 aliphatic rings. The van der Waals surface area contributed by atoms with E-state index in [0.717, 1.165) is 54.4 Å². The number of methoxy groups -OCH3 is 1. The van der Waals surface area contributed by atoms with Gasteiger partial charge >= 0.3 is 0 Å². The average molecular weight is 493 g/mol. The summed E-state index contributed by atoms with van der Waals surface area (Å²) in [6, 6.07) is 8.13. The summed E-state index contributed by atoms with van der Waals surface area (Å²) < 4.78 is 13.9. The van der Waals surface area contributed by atoms with E-state index < -0.39 is 0 Å². The molecule has 2 aromatic heterocycles. The minimum Gasteiger partial charge on any atom is -0.495 e. The quantitative estimate of drug-likeness (QED) is 0.566. The van der Waals surface area contributed by atoms with Crippen LogP contribution in [0.5, 0.6) is 11.6 Å². The Balaban J connectivity index is 1.40. The van der Waals surface area contributed by atoms with Crippen molar-refractivity contribution in [2.24, 2.45) is 5.92 Å². The SMILES string of the molecule is COc1cc(-c2cn3nccc3c(O[C@H](C)C3CNC(=O)C3)n2)ccc1N1CCN(C(C)(C)C)CC1. The molecule has 0 spiro atoms. The summed E-state index contributed by atoms with van der Waals surface area (Å²) >= 11 is 0. The Morgan fingerprint density at radius 3 is 2.58 bits per heavy atom. The zero-order valence-corrected chi connectivity index (χ0v) is 21.8. The zero-order valence-electron chi connectivity index (χ0n) is 21.8. The predicted octanol–water partition coefficient (Wildman–Crippen LogP) is 3.23. The number of piperazine rings is 1. The maximum atomic E-state index is 11.7. The smallest absolute Gasteiger partial charge is 0.240 e. The molecule has 9 nitrogen and oxygen atoms in total. The first kappa shape index (κ1) is 24.4. The monoisotopic (exact) mass is 492 g/mol. The number of nitrogens with one attached hydrogen (secondary N) is 1. The van der Waals surface area contributed by atoms with E-state index in [9.17, 15) is 4.79 Å². The van der Waals surface area contributed by atoms with Gasteiger partial charge < -0.3 is 19.7 Å². The molecule has 0 saturated carbocycles. The molecule has 3 aromatic rings. The second-order valence-electron chi connectivity index (χ2n) is 10.7. The first-order valence-electron chi connectivity index (χ1n) is 12.7. The van der Waals surface area contributed by atoms with Gasteiger partial charge in [-0.15, -0.1) is 0 Å². The van der Waals surface area contributed by atoms with Gasteiger partial charge in [-0.25, -0.2) is 9.50 Å². The number of carbonyl (C=O) groups is 1. The topological polar surface area (TPSA) is 84.2 Å². The van der Waals surface area contributed by atoms with Crippen LogP contribution in [-0.4, -0.2) is 76.9 Å². The molecule has 1 unspecified atom stereocenters. The van der Waals surface area contributed by atoms with Crippen molar-refractivity contribution in [3.8, 4) is 22.9 Å². The highest BCUT2D eigenvalue weighted by Gasteiger charge is 2.29. The van der Waals surface area contributed by atoms with E-state index >= 15 is 0 Å². The largest absolute Gasteiger partial charge is 0.495 e. The van der Waals surface area contributed by atoms with Gasteiger partial charge in [0.2, 0.25) is 11.8 Å². The van der Waals surface area contributed by atoms with Crippen molar-refractivity contribution < 1.29 is 14.3 Å². The van der Waals surface area contributed by atoms with Crippen molar-refractivity contribution in [3.63, 3.8) is 0 Å². The molecule has 2 atom stereocenters. The van der Waals surface area contributed by atoms with Gasteiger partial charge in [0.25, 0.3) is 0 Å². The van der Waals surface area contributed by atoms with Gasteiger partial charge in [-0.2, -0.15) is 5.10 Å². The highest BCUT2D eigenvalue weighted by molar-refractivity contribution is 5.78. The third-order valence-corrected chi connectivity index (χ3v) is 7.37. The lowest BCUT2D eigenvalue weighted by atomic mass is 10.0. The van der Waals surface area contributed by atoms with Crippen LogP contribution in [0.4, 0.5) is 5.69 Å². The molecule has 4 heterocycles. The van der Waals surface area contributed by atoms with Crippen LogP contribution < -0.4 is 19.7 Å². The van der Waals surface area contributed by atoms with Crippen LogP contribution in [0.25, 0.3) is 16.8 Å². The fourth-order valence-electron chi connectivity index (χ4n) is 5.07. The van der Waals surface area contributed by atoms with Gasteiger partial charge in [0.05, 0.1) is 30.9 Å². The van der Waals surface area contributed by atoms with Crippen LogP contribution >= 0.6 is 0 Å². The van der Waals surface area contributed by atoms with Crippen LogP contribution in [0.15, 0.2) is 36.7 Å². The minimum atomic E-state index is -0.158. The number of fused-ring (bicyclic) bond motifs is 1. The summed E-state index contributed by atoms with van der Waals surface area (Å²) in [6.45, 7) is 13.4.